The predicted molar refractivity (Wildman–Crippen MR) is 109 cm³/mol. The summed E-state index contributed by atoms with van der Waals surface area (Å²) >= 11 is 0. The number of nitrogens with zero attached hydrogens (tertiary/aromatic N) is 3. The lowest BCUT2D eigenvalue weighted by atomic mass is 10.2. The number of benzene rings is 2. The summed E-state index contributed by atoms with van der Waals surface area (Å²) in [6, 6.07) is 17.0. The average Bonchev–Trinajstić information content (AvgIpc) is 3.11. The van der Waals surface area contributed by atoms with Crippen LogP contribution in [-0.4, -0.2) is 32.0 Å². The van der Waals surface area contributed by atoms with Crippen LogP contribution in [0.5, 0.6) is 5.75 Å². The van der Waals surface area contributed by atoms with Crippen molar-refractivity contribution in [3.05, 3.63) is 76.2 Å². The van der Waals surface area contributed by atoms with Crippen LogP contribution < -0.4 is 10.3 Å². The van der Waals surface area contributed by atoms with E-state index in [0.29, 0.717) is 16.8 Å². The molecule has 0 radical (unpaired) electrons. The highest BCUT2D eigenvalue weighted by Crippen LogP contribution is 2.16. The molecule has 28 heavy (non-hydrogen) atoms. The van der Waals surface area contributed by atoms with Crippen LogP contribution in [-0.2, 0) is 13.0 Å². The zero-order valence-corrected chi connectivity index (χ0v) is 16.0. The first kappa shape index (κ1) is 18.3. The van der Waals surface area contributed by atoms with Gasteiger partial charge in [0.1, 0.15) is 24.1 Å². The van der Waals surface area contributed by atoms with Gasteiger partial charge < -0.3 is 9.84 Å². The Hall–Kier alpha value is -3.12. The molecule has 0 spiro atoms. The van der Waals surface area contributed by atoms with Crippen LogP contribution >= 0.6 is 0 Å². The van der Waals surface area contributed by atoms with Gasteiger partial charge >= 0.3 is 0 Å². The molecule has 1 unspecified atom stereocenters. The number of aliphatic hydroxyl groups is 1. The van der Waals surface area contributed by atoms with Crippen LogP contribution in [0.15, 0.2) is 59.4 Å². The van der Waals surface area contributed by atoms with Crippen LogP contribution in [0.1, 0.15) is 18.2 Å². The average molecular weight is 377 g/mol. The van der Waals surface area contributed by atoms with Gasteiger partial charge in [-0.2, -0.15) is 5.10 Å². The smallest absolute Gasteiger partial charge is 0.261 e. The summed E-state index contributed by atoms with van der Waals surface area (Å²) in [6.45, 7) is 4.21. The highest BCUT2D eigenvalue weighted by molar-refractivity contribution is 5.80. The second-order valence-electron chi connectivity index (χ2n) is 6.95. The fourth-order valence-electron chi connectivity index (χ4n) is 3.40. The second-order valence-corrected chi connectivity index (χ2v) is 6.95. The van der Waals surface area contributed by atoms with E-state index >= 15 is 0 Å². The molecule has 0 aliphatic rings. The molecule has 144 valence electrons. The molecule has 0 aliphatic heterocycles. The van der Waals surface area contributed by atoms with E-state index in [1.165, 1.54) is 5.56 Å². The van der Waals surface area contributed by atoms with E-state index in [1.807, 2.05) is 55.5 Å². The molecule has 0 saturated heterocycles. The Balaban J connectivity index is 1.61. The molecular weight excluding hydrogens is 354 g/mol. The SMILES string of the molecule is CCc1ccc(OCC(O)Cn2c(=O)c3ccccc3n3nc(C)cc23)cc1. The minimum absolute atomic E-state index is 0.101. The van der Waals surface area contributed by atoms with Gasteiger partial charge in [0.05, 0.1) is 23.1 Å². The van der Waals surface area contributed by atoms with Gasteiger partial charge in [-0.1, -0.05) is 31.2 Å². The highest BCUT2D eigenvalue weighted by Gasteiger charge is 2.16. The fourth-order valence-corrected chi connectivity index (χ4v) is 3.40. The molecule has 0 saturated carbocycles. The number of ether oxygens (including phenoxy) is 1. The second kappa shape index (κ2) is 7.48. The summed E-state index contributed by atoms with van der Waals surface area (Å²) in [6.07, 6.45) is 0.137. The number of fused-ring (bicyclic) bond motifs is 3. The standard InChI is InChI=1S/C22H23N3O3/c1-3-16-8-10-18(11-9-16)28-14-17(26)13-24-21-12-15(2)23-25(21)20-7-5-4-6-19(20)22(24)27/h4-12,17,26H,3,13-14H2,1-2H3. The van der Waals surface area contributed by atoms with Crippen molar-refractivity contribution in [2.24, 2.45) is 0 Å². The molecule has 2 heterocycles. The lowest BCUT2D eigenvalue weighted by Crippen LogP contribution is -2.31. The third kappa shape index (κ3) is 3.39. The van der Waals surface area contributed by atoms with Crippen molar-refractivity contribution in [3.8, 4) is 5.75 Å². The van der Waals surface area contributed by atoms with Gasteiger partial charge in [-0.15, -0.1) is 0 Å². The van der Waals surface area contributed by atoms with E-state index in [0.717, 1.165) is 17.6 Å². The number of aromatic nitrogens is 3. The quantitative estimate of drug-likeness (QED) is 0.561. The molecule has 6 heteroatoms. The molecule has 1 N–H and O–H groups in total. The largest absolute Gasteiger partial charge is 0.491 e. The maximum Gasteiger partial charge on any atom is 0.261 e. The fraction of sp³-hybridized carbons (Fsp3) is 0.273. The van der Waals surface area contributed by atoms with E-state index in [2.05, 4.69) is 12.0 Å². The van der Waals surface area contributed by atoms with Gasteiger partial charge in [0.2, 0.25) is 0 Å². The van der Waals surface area contributed by atoms with Gasteiger partial charge in [0.15, 0.2) is 0 Å². The van der Waals surface area contributed by atoms with Crippen molar-refractivity contribution in [2.45, 2.75) is 32.9 Å². The van der Waals surface area contributed by atoms with Crippen LogP contribution in [0.4, 0.5) is 0 Å². The minimum atomic E-state index is -0.830. The Bertz CT molecular complexity index is 1180. The Morgan fingerprint density at radius 2 is 1.89 bits per heavy atom. The van der Waals surface area contributed by atoms with Crippen LogP contribution in [0.25, 0.3) is 16.6 Å². The lowest BCUT2D eigenvalue weighted by molar-refractivity contribution is 0.0925. The van der Waals surface area contributed by atoms with Crippen LogP contribution in [0, 0.1) is 6.92 Å². The lowest BCUT2D eigenvalue weighted by Gasteiger charge is -2.16. The third-order valence-corrected chi connectivity index (χ3v) is 4.86. The Labute approximate surface area is 162 Å². The first-order valence-electron chi connectivity index (χ1n) is 9.44. The van der Waals surface area contributed by atoms with Gasteiger partial charge in [-0.05, 0) is 43.2 Å². The van der Waals surface area contributed by atoms with E-state index in [1.54, 1.807) is 15.1 Å². The highest BCUT2D eigenvalue weighted by atomic mass is 16.5. The molecular formula is C22H23N3O3. The Morgan fingerprint density at radius 3 is 2.64 bits per heavy atom. The molecule has 2 aromatic carbocycles. The first-order valence-corrected chi connectivity index (χ1v) is 9.44. The number of para-hydroxylation sites is 1. The van der Waals surface area contributed by atoms with E-state index in [-0.39, 0.29) is 18.7 Å². The molecule has 1 atom stereocenters. The number of aliphatic hydroxyl groups excluding tert-OH is 1. The van der Waals surface area contributed by atoms with Gasteiger partial charge in [0, 0.05) is 6.07 Å². The van der Waals surface area contributed by atoms with Crippen molar-refractivity contribution in [3.63, 3.8) is 0 Å². The normalized spacial score (nSPS) is 12.5. The van der Waals surface area contributed by atoms with Crippen molar-refractivity contribution < 1.29 is 9.84 Å². The molecule has 0 bridgehead atoms. The maximum atomic E-state index is 13.0. The molecule has 2 aromatic heterocycles. The Kier molecular flexibility index (Phi) is 4.88. The topological polar surface area (TPSA) is 68.8 Å². The van der Waals surface area contributed by atoms with E-state index in [4.69, 9.17) is 4.74 Å². The molecule has 4 rings (SSSR count). The van der Waals surface area contributed by atoms with Crippen molar-refractivity contribution >= 4 is 16.6 Å². The number of rotatable bonds is 6. The van der Waals surface area contributed by atoms with Crippen LogP contribution in [0.2, 0.25) is 0 Å². The third-order valence-electron chi connectivity index (χ3n) is 4.86. The van der Waals surface area contributed by atoms with Crippen molar-refractivity contribution in [1.29, 1.82) is 0 Å². The summed E-state index contributed by atoms with van der Waals surface area (Å²) in [5.74, 6) is 0.701. The summed E-state index contributed by atoms with van der Waals surface area (Å²) in [7, 11) is 0. The summed E-state index contributed by atoms with van der Waals surface area (Å²) < 4.78 is 9.02. The molecule has 4 aromatic rings. The Morgan fingerprint density at radius 1 is 1.14 bits per heavy atom. The van der Waals surface area contributed by atoms with E-state index in [9.17, 15) is 9.90 Å². The number of hydrogen-bond donors (Lipinski definition) is 1. The minimum Gasteiger partial charge on any atom is -0.491 e. The van der Waals surface area contributed by atoms with Crippen molar-refractivity contribution in [1.82, 2.24) is 14.2 Å². The monoisotopic (exact) mass is 377 g/mol. The molecule has 0 aliphatic carbocycles. The molecule has 0 amide bonds. The number of aryl methyl sites for hydroxylation is 2. The maximum absolute atomic E-state index is 13.0. The van der Waals surface area contributed by atoms with Crippen molar-refractivity contribution in [2.75, 3.05) is 6.61 Å². The zero-order valence-electron chi connectivity index (χ0n) is 16.0. The zero-order chi connectivity index (χ0) is 19.7. The number of hydrogen-bond acceptors (Lipinski definition) is 4. The summed E-state index contributed by atoms with van der Waals surface area (Å²) in [5, 5.41) is 15.6. The molecule has 0 fully saturated rings. The van der Waals surface area contributed by atoms with Gasteiger partial charge in [0.25, 0.3) is 5.56 Å². The molecule has 6 nitrogen and oxygen atoms in total. The van der Waals surface area contributed by atoms with Gasteiger partial charge in [-0.3, -0.25) is 9.36 Å². The first-order chi connectivity index (χ1) is 13.6. The summed E-state index contributed by atoms with van der Waals surface area (Å²) in [4.78, 5) is 13.0. The van der Waals surface area contributed by atoms with Gasteiger partial charge in [-0.25, -0.2) is 4.52 Å². The summed E-state index contributed by atoms with van der Waals surface area (Å²) in [5.41, 5.74) is 3.32. The van der Waals surface area contributed by atoms with E-state index < -0.39 is 6.10 Å². The predicted octanol–water partition coefficient (Wildman–Crippen LogP) is 2.96. The van der Waals surface area contributed by atoms with Crippen LogP contribution in [0.3, 0.4) is 0 Å².